The van der Waals surface area contributed by atoms with Crippen LogP contribution in [0.5, 0.6) is 5.75 Å². The molecule has 23 heavy (non-hydrogen) atoms. The van der Waals surface area contributed by atoms with Crippen molar-refractivity contribution in [2.75, 3.05) is 11.9 Å². The van der Waals surface area contributed by atoms with Crippen molar-refractivity contribution < 1.29 is 9.53 Å². The summed E-state index contributed by atoms with van der Waals surface area (Å²) in [5, 5.41) is 3.55. The van der Waals surface area contributed by atoms with Crippen molar-refractivity contribution in [2.45, 2.75) is 32.6 Å². The van der Waals surface area contributed by atoms with Crippen LogP contribution < -0.4 is 10.1 Å². The number of aryl methyl sites for hydroxylation is 1. The molecule has 0 atom stereocenters. The number of halogens is 1. The Kier molecular flexibility index (Phi) is 6.88. The summed E-state index contributed by atoms with van der Waals surface area (Å²) in [5.41, 5.74) is 1.69. The Hall–Kier alpha value is -2.07. The van der Waals surface area contributed by atoms with Gasteiger partial charge in [0.1, 0.15) is 5.75 Å². The average molecular weight is 333 g/mol. The largest absolute Gasteiger partial charge is 0.494 e. The average Bonchev–Trinajstić information content (AvgIpc) is 2.51. The highest BCUT2D eigenvalue weighted by atomic mass is 35.5. The fourth-order valence-electron chi connectivity index (χ4n) is 2.16. The van der Waals surface area contributed by atoms with E-state index in [0.717, 1.165) is 36.4 Å². The number of ether oxygens (including phenoxy) is 1. The second-order valence-electron chi connectivity index (χ2n) is 5.35. The molecule has 1 amide bonds. The van der Waals surface area contributed by atoms with Gasteiger partial charge in [0.15, 0.2) is 0 Å². The first kappa shape index (κ1) is 17.3. The van der Waals surface area contributed by atoms with E-state index in [1.807, 2.05) is 31.2 Å². The maximum Gasteiger partial charge on any atom is 0.224 e. The quantitative estimate of drug-likeness (QED) is 0.717. The highest BCUT2D eigenvalue weighted by Crippen LogP contribution is 2.17. The predicted molar refractivity (Wildman–Crippen MR) is 93.0 cm³/mol. The van der Waals surface area contributed by atoms with Crippen molar-refractivity contribution in [1.29, 1.82) is 0 Å². The molecular formula is C18H21ClN2O2. The van der Waals surface area contributed by atoms with E-state index in [4.69, 9.17) is 16.3 Å². The van der Waals surface area contributed by atoms with E-state index in [-0.39, 0.29) is 5.91 Å². The van der Waals surface area contributed by atoms with E-state index in [2.05, 4.69) is 10.3 Å². The van der Waals surface area contributed by atoms with Crippen LogP contribution in [-0.4, -0.2) is 17.5 Å². The second kappa shape index (κ2) is 9.16. The van der Waals surface area contributed by atoms with E-state index in [9.17, 15) is 4.79 Å². The molecule has 1 N–H and O–H groups in total. The molecule has 1 aromatic heterocycles. The summed E-state index contributed by atoms with van der Waals surface area (Å²) in [6.45, 7) is 2.53. The van der Waals surface area contributed by atoms with Gasteiger partial charge in [-0.2, -0.15) is 0 Å². The molecule has 0 saturated heterocycles. The van der Waals surface area contributed by atoms with Crippen molar-refractivity contribution >= 4 is 23.2 Å². The molecule has 0 aliphatic rings. The minimum atomic E-state index is 0.0337. The van der Waals surface area contributed by atoms with Crippen molar-refractivity contribution in [3.63, 3.8) is 0 Å². The second-order valence-corrected chi connectivity index (χ2v) is 5.79. The van der Waals surface area contributed by atoms with E-state index in [1.54, 1.807) is 18.3 Å². The van der Waals surface area contributed by atoms with E-state index in [0.29, 0.717) is 18.1 Å². The van der Waals surface area contributed by atoms with Gasteiger partial charge in [-0.25, -0.2) is 0 Å². The monoisotopic (exact) mass is 332 g/mol. The van der Waals surface area contributed by atoms with Gasteiger partial charge in [-0.15, -0.1) is 0 Å². The van der Waals surface area contributed by atoms with Crippen LogP contribution in [0.2, 0.25) is 5.02 Å². The van der Waals surface area contributed by atoms with Gasteiger partial charge in [0.25, 0.3) is 0 Å². The molecular weight excluding hydrogens is 312 g/mol. The molecule has 0 bridgehead atoms. The molecule has 0 aliphatic carbocycles. The number of carbonyl (C=O) groups excluding carboxylic acids is 1. The first-order valence-electron chi connectivity index (χ1n) is 7.74. The number of amides is 1. The number of nitrogens with one attached hydrogen (secondary N) is 1. The van der Waals surface area contributed by atoms with Crippen molar-refractivity contribution in [1.82, 2.24) is 4.98 Å². The van der Waals surface area contributed by atoms with Gasteiger partial charge in [0.2, 0.25) is 5.91 Å². The Bertz CT molecular complexity index is 646. The van der Waals surface area contributed by atoms with Crippen LogP contribution in [-0.2, 0) is 4.79 Å². The number of rotatable bonds is 8. The minimum Gasteiger partial charge on any atom is -0.494 e. The number of hydrogen-bond donors (Lipinski definition) is 1. The Balaban J connectivity index is 1.57. The number of unbranched alkanes of at least 4 members (excludes halogenated alkanes) is 2. The maximum atomic E-state index is 11.8. The van der Waals surface area contributed by atoms with E-state index < -0.39 is 0 Å². The molecule has 2 rings (SSSR count). The molecule has 0 spiro atoms. The number of anilines is 1. The summed E-state index contributed by atoms with van der Waals surface area (Å²) in [6, 6.07) is 11.0. The molecule has 5 heteroatoms. The highest BCUT2D eigenvalue weighted by molar-refractivity contribution is 6.30. The lowest BCUT2D eigenvalue weighted by Crippen LogP contribution is -2.11. The van der Waals surface area contributed by atoms with Gasteiger partial charge in [-0.3, -0.25) is 9.78 Å². The minimum absolute atomic E-state index is 0.0337. The van der Waals surface area contributed by atoms with Gasteiger partial charge in [0, 0.05) is 29.0 Å². The van der Waals surface area contributed by atoms with Gasteiger partial charge < -0.3 is 10.1 Å². The maximum absolute atomic E-state index is 11.8. The number of benzene rings is 1. The Morgan fingerprint density at radius 1 is 1.22 bits per heavy atom. The van der Waals surface area contributed by atoms with Gasteiger partial charge in [0.05, 0.1) is 6.61 Å². The zero-order valence-electron chi connectivity index (χ0n) is 13.2. The zero-order valence-corrected chi connectivity index (χ0v) is 14.0. The lowest BCUT2D eigenvalue weighted by molar-refractivity contribution is -0.116. The SMILES string of the molecule is Cc1cc(NC(=O)CCCCCOc2cccc(Cl)c2)ccn1. The third kappa shape index (κ3) is 6.70. The van der Waals surface area contributed by atoms with E-state index in [1.165, 1.54) is 0 Å². The van der Waals surface area contributed by atoms with Crippen molar-refractivity contribution in [2.24, 2.45) is 0 Å². The molecule has 0 unspecified atom stereocenters. The Morgan fingerprint density at radius 2 is 2.09 bits per heavy atom. The Labute approximate surface area is 141 Å². The van der Waals surface area contributed by atoms with Crippen LogP contribution in [0, 0.1) is 6.92 Å². The van der Waals surface area contributed by atoms with Crippen LogP contribution >= 0.6 is 11.6 Å². The molecule has 122 valence electrons. The lowest BCUT2D eigenvalue weighted by Gasteiger charge is -2.07. The van der Waals surface area contributed by atoms with E-state index >= 15 is 0 Å². The highest BCUT2D eigenvalue weighted by Gasteiger charge is 2.03. The Morgan fingerprint density at radius 3 is 2.87 bits per heavy atom. The van der Waals surface area contributed by atoms with Crippen LogP contribution in [0.3, 0.4) is 0 Å². The number of pyridine rings is 1. The summed E-state index contributed by atoms with van der Waals surface area (Å²) in [7, 11) is 0. The lowest BCUT2D eigenvalue weighted by atomic mass is 10.2. The van der Waals surface area contributed by atoms with Crippen LogP contribution in [0.25, 0.3) is 0 Å². The molecule has 4 nitrogen and oxygen atoms in total. The molecule has 1 aromatic carbocycles. The van der Waals surface area contributed by atoms with Gasteiger partial charge in [-0.05, 0) is 56.5 Å². The summed E-state index contributed by atoms with van der Waals surface area (Å²) in [6.07, 6.45) is 4.91. The van der Waals surface area contributed by atoms with Crippen molar-refractivity contribution in [3.05, 3.63) is 53.3 Å². The number of hydrogen-bond acceptors (Lipinski definition) is 3. The predicted octanol–water partition coefficient (Wildman–Crippen LogP) is 4.62. The summed E-state index contributed by atoms with van der Waals surface area (Å²) < 4.78 is 5.61. The molecule has 0 radical (unpaired) electrons. The zero-order chi connectivity index (χ0) is 16.5. The third-order valence-electron chi connectivity index (χ3n) is 3.29. The summed E-state index contributed by atoms with van der Waals surface area (Å²) in [5.74, 6) is 0.814. The number of aromatic nitrogens is 1. The van der Waals surface area contributed by atoms with Crippen LogP contribution in [0.4, 0.5) is 5.69 Å². The fourth-order valence-corrected chi connectivity index (χ4v) is 2.34. The molecule has 0 aliphatic heterocycles. The summed E-state index contributed by atoms with van der Waals surface area (Å²) >= 11 is 5.89. The first-order valence-corrected chi connectivity index (χ1v) is 8.12. The summed E-state index contributed by atoms with van der Waals surface area (Å²) in [4.78, 5) is 15.9. The van der Waals surface area contributed by atoms with Crippen LogP contribution in [0.15, 0.2) is 42.6 Å². The van der Waals surface area contributed by atoms with Crippen molar-refractivity contribution in [3.8, 4) is 5.75 Å². The van der Waals surface area contributed by atoms with Crippen LogP contribution in [0.1, 0.15) is 31.4 Å². The third-order valence-corrected chi connectivity index (χ3v) is 3.53. The molecule has 0 fully saturated rings. The number of nitrogens with zero attached hydrogens (tertiary/aromatic N) is 1. The normalized spacial score (nSPS) is 10.3. The molecule has 2 aromatic rings. The molecule has 1 heterocycles. The number of carbonyl (C=O) groups is 1. The fraction of sp³-hybridized carbons (Fsp3) is 0.333. The molecule has 0 saturated carbocycles. The standard InChI is InChI=1S/C18H21ClN2O2/c1-14-12-16(9-10-20-14)21-18(22)8-3-2-4-11-23-17-7-5-6-15(19)13-17/h5-7,9-10,12-13H,2-4,8,11H2,1H3,(H,20,21,22). The smallest absolute Gasteiger partial charge is 0.224 e. The first-order chi connectivity index (χ1) is 11.1. The van der Waals surface area contributed by atoms with Gasteiger partial charge >= 0.3 is 0 Å². The topological polar surface area (TPSA) is 51.2 Å². The van der Waals surface area contributed by atoms with Gasteiger partial charge in [-0.1, -0.05) is 17.7 Å².